The Morgan fingerprint density at radius 3 is 1.41 bits per heavy atom. The molecule has 5 rings (SSSR count). The molecule has 0 N–H and O–H groups in total. The van der Waals surface area contributed by atoms with Crippen molar-refractivity contribution in [3.8, 4) is 44.8 Å². The van der Waals surface area contributed by atoms with Crippen molar-refractivity contribution in [1.29, 1.82) is 0 Å². The van der Waals surface area contributed by atoms with Gasteiger partial charge in [0.05, 0.1) is 11.4 Å². The van der Waals surface area contributed by atoms with Gasteiger partial charge in [0, 0.05) is 18.0 Å². The molecule has 5 aromatic rings. The van der Waals surface area contributed by atoms with Crippen molar-refractivity contribution in [2.24, 2.45) is 0 Å². The standard InChI is InChI=1S/C30H24N2/c1-21-6-10-23(11-7-21)26-17-27(24-12-8-22(2)9-13-24)19-28(18-26)25-14-15-30(32-20-25)29-5-3-4-16-31-29/h3-20H,1-2H3. The van der Waals surface area contributed by atoms with Gasteiger partial charge in [-0.2, -0.15) is 0 Å². The maximum atomic E-state index is 4.69. The summed E-state index contributed by atoms with van der Waals surface area (Å²) < 4.78 is 0. The highest BCUT2D eigenvalue weighted by atomic mass is 14.8. The van der Waals surface area contributed by atoms with Crippen molar-refractivity contribution in [3.63, 3.8) is 0 Å². The molecule has 0 aliphatic heterocycles. The normalized spacial score (nSPS) is 10.8. The summed E-state index contributed by atoms with van der Waals surface area (Å²) in [4.78, 5) is 9.10. The molecule has 0 radical (unpaired) electrons. The lowest BCUT2D eigenvalue weighted by atomic mass is 9.93. The molecule has 0 saturated carbocycles. The summed E-state index contributed by atoms with van der Waals surface area (Å²) in [5.41, 5.74) is 11.4. The first-order valence-corrected chi connectivity index (χ1v) is 10.8. The van der Waals surface area contributed by atoms with Crippen LogP contribution >= 0.6 is 0 Å². The third-order valence-electron chi connectivity index (χ3n) is 5.73. The summed E-state index contributed by atoms with van der Waals surface area (Å²) in [6.07, 6.45) is 3.74. The Kier molecular flexibility index (Phi) is 5.35. The van der Waals surface area contributed by atoms with E-state index < -0.39 is 0 Å². The van der Waals surface area contributed by atoms with Crippen LogP contribution in [-0.2, 0) is 0 Å². The SMILES string of the molecule is Cc1ccc(-c2cc(-c3ccc(C)cc3)cc(-c3ccc(-c4ccccn4)nc3)c2)cc1. The summed E-state index contributed by atoms with van der Waals surface area (Å²) in [6, 6.07) is 34.2. The first-order valence-electron chi connectivity index (χ1n) is 10.8. The molecule has 0 amide bonds. The highest BCUT2D eigenvalue weighted by molar-refractivity contribution is 5.81. The number of nitrogens with zero attached hydrogens (tertiary/aromatic N) is 2. The Morgan fingerprint density at radius 2 is 0.938 bits per heavy atom. The number of hydrogen-bond acceptors (Lipinski definition) is 2. The van der Waals surface area contributed by atoms with Crippen LogP contribution in [0, 0.1) is 13.8 Å². The monoisotopic (exact) mass is 412 g/mol. The average Bonchev–Trinajstić information content (AvgIpc) is 2.85. The van der Waals surface area contributed by atoms with Gasteiger partial charge >= 0.3 is 0 Å². The number of hydrogen-bond donors (Lipinski definition) is 0. The molecule has 0 fully saturated rings. The maximum absolute atomic E-state index is 4.69. The minimum Gasteiger partial charge on any atom is -0.255 e. The Labute approximate surface area is 189 Å². The van der Waals surface area contributed by atoms with Crippen molar-refractivity contribution in [1.82, 2.24) is 9.97 Å². The molecule has 3 aromatic carbocycles. The fraction of sp³-hybridized carbons (Fsp3) is 0.0667. The highest BCUT2D eigenvalue weighted by Gasteiger charge is 2.09. The van der Waals surface area contributed by atoms with Gasteiger partial charge in [0.1, 0.15) is 0 Å². The van der Waals surface area contributed by atoms with Crippen LogP contribution in [0.3, 0.4) is 0 Å². The predicted octanol–water partition coefficient (Wildman–Crippen LogP) is 7.76. The van der Waals surface area contributed by atoms with Crippen LogP contribution in [0.4, 0.5) is 0 Å². The molecule has 32 heavy (non-hydrogen) atoms. The van der Waals surface area contributed by atoms with Gasteiger partial charge in [-0.25, -0.2) is 0 Å². The van der Waals surface area contributed by atoms with Crippen LogP contribution in [0.15, 0.2) is 109 Å². The average molecular weight is 413 g/mol. The number of rotatable bonds is 4. The molecule has 0 spiro atoms. The van der Waals surface area contributed by atoms with Gasteiger partial charge in [0.15, 0.2) is 0 Å². The second kappa shape index (κ2) is 8.60. The number of pyridine rings is 2. The summed E-state index contributed by atoms with van der Waals surface area (Å²) in [5, 5.41) is 0. The van der Waals surface area contributed by atoms with Crippen LogP contribution in [0.2, 0.25) is 0 Å². The Balaban J connectivity index is 1.60. The zero-order valence-corrected chi connectivity index (χ0v) is 18.3. The van der Waals surface area contributed by atoms with Gasteiger partial charge in [-0.1, -0.05) is 71.8 Å². The minimum atomic E-state index is 0.878. The largest absolute Gasteiger partial charge is 0.255 e. The van der Waals surface area contributed by atoms with E-state index in [9.17, 15) is 0 Å². The van der Waals surface area contributed by atoms with E-state index in [2.05, 4.69) is 91.6 Å². The Morgan fingerprint density at radius 1 is 0.438 bits per heavy atom. The fourth-order valence-corrected chi connectivity index (χ4v) is 3.85. The molecule has 0 atom stereocenters. The lowest BCUT2D eigenvalue weighted by Crippen LogP contribution is -1.89. The van der Waals surface area contributed by atoms with Crippen LogP contribution in [-0.4, -0.2) is 9.97 Å². The second-order valence-corrected chi connectivity index (χ2v) is 8.18. The van der Waals surface area contributed by atoms with E-state index in [-0.39, 0.29) is 0 Å². The van der Waals surface area contributed by atoms with E-state index >= 15 is 0 Å². The lowest BCUT2D eigenvalue weighted by Gasteiger charge is -2.12. The molecule has 2 heterocycles. The van der Waals surface area contributed by atoms with Crippen LogP contribution in [0.5, 0.6) is 0 Å². The topological polar surface area (TPSA) is 25.8 Å². The van der Waals surface area contributed by atoms with Crippen molar-refractivity contribution < 1.29 is 0 Å². The number of benzene rings is 3. The van der Waals surface area contributed by atoms with Gasteiger partial charge in [-0.3, -0.25) is 9.97 Å². The van der Waals surface area contributed by atoms with E-state index in [1.54, 1.807) is 6.20 Å². The molecule has 0 saturated heterocycles. The van der Waals surface area contributed by atoms with Crippen molar-refractivity contribution in [3.05, 3.63) is 121 Å². The first kappa shape index (κ1) is 19.9. The van der Waals surface area contributed by atoms with Gasteiger partial charge in [0.2, 0.25) is 0 Å². The van der Waals surface area contributed by atoms with E-state index in [0.29, 0.717) is 0 Å². The molecule has 2 aromatic heterocycles. The molecular weight excluding hydrogens is 388 g/mol. The van der Waals surface area contributed by atoms with Crippen LogP contribution in [0.25, 0.3) is 44.8 Å². The highest BCUT2D eigenvalue weighted by Crippen LogP contribution is 2.33. The molecule has 0 bridgehead atoms. The van der Waals surface area contributed by atoms with Gasteiger partial charge in [-0.15, -0.1) is 0 Å². The van der Waals surface area contributed by atoms with Gasteiger partial charge < -0.3 is 0 Å². The summed E-state index contributed by atoms with van der Waals surface area (Å²) in [6.45, 7) is 4.24. The van der Waals surface area contributed by atoms with E-state index in [1.807, 2.05) is 30.5 Å². The fourth-order valence-electron chi connectivity index (χ4n) is 3.85. The predicted molar refractivity (Wildman–Crippen MR) is 133 cm³/mol. The van der Waals surface area contributed by atoms with Crippen molar-refractivity contribution in [2.75, 3.05) is 0 Å². The van der Waals surface area contributed by atoms with Gasteiger partial charge in [-0.05, 0) is 78.1 Å². The van der Waals surface area contributed by atoms with E-state index in [0.717, 1.165) is 22.5 Å². The second-order valence-electron chi connectivity index (χ2n) is 8.18. The zero-order chi connectivity index (χ0) is 21.9. The molecular formula is C30H24N2. The maximum Gasteiger partial charge on any atom is 0.0886 e. The molecule has 154 valence electrons. The molecule has 0 unspecified atom stereocenters. The van der Waals surface area contributed by atoms with E-state index in [4.69, 9.17) is 4.98 Å². The molecule has 2 nitrogen and oxygen atoms in total. The number of aryl methyl sites for hydroxylation is 2. The van der Waals surface area contributed by atoms with Crippen molar-refractivity contribution >= 4 is 0 Å². The van der Waals surface area contributed by atoms with Crippen molar-refractivity contribution in [2.45, 2.75) is 13.8 Å². The molecule has 2 heteroatoms. The minimum absolute atomic E-state index is 0.878. The molecule has 0 aliphatic carbocycles. The third kappa shape index (κ3) is 4.21. The Hall–Kier alpha value is -4.04. The first-order chi connectivity index (χ1) is 15.7. The molecule has 0 aliphatic rings. The quantitative estimate of drug-likeness (QED) is 0.301. The Bertz CT molecular complexity index is 1270. The summed E-state index contributed by atoms with van der Waals surface area (Å²) in [7, 11) is 0. The van der Waals surface area contributed by atoms with Crippen LogP contribution < -0.4 is 0 Å². The summed E-state index contributed by atoms with van der Waals surface area (Å²) in [5.74, 6) is 0. The smallest absolute Gasteiger partial charge is 0.0886 e. The van der Waals surface area contributed by atoms with Gasteiger partial charge in [0.25, 0.3) is 0 Å². The number of aromatic nitrogens is 2. The summed E-state index contributed by atoms with van der Waals surface area (Å²) >= 11 is 0. The zero-order valence-electron chi connectivity index (χ0n) is 18.3. The van der Waals surface area contributed by atoms with E-state index in [1.165, 1.54) is 33.4 Å². The third-order valence-corrected chi connectivity index (χ3v) is 5.73. The van der Waals surface area contributed by atoms with Crippen LogP contribution in [0.1, 0.15) is 11.1 Å². The lowest BCUT2D eigenvalue weighted by molar-refractivity contribution is 1.25.